The summed E-state index contributed by atoms with van der Waals surface area (Å²) in [5.74, 6) is 0. The van der Waals surface area contributed by atoms with Gasteiger partial charge in [0.25, 0.3) is 0 Å². The van der Waals surface area contributed by atoms with Crippen LogP contribution < -0.4 is 0 Å². The van der Waals surface area contributed by atoms with Gasteiger partial charge < -0.3 is 40.1 Å². The molecule has 18 heavy (non-hydrogen) atoms. The monoisotopic (exact) mass is 268 g/mol. The van der Waals surface area contributed by atoms with Gasteiger partial charge in [0.2, 0.25) is 0 Å². The van der Waals surface area contributed by atoms with E-state index in [-0.39, 0.29) is 6.61 Å². The number of hydrogen-bond donors (Lipinski definition) is 6. The summed E-state index contributed by atoms with van der Waals surface area (Å²) in [6, 6.07) is 0. The summed E-state index contributed by atoms with van der Waals surface area (Å²) >= 11 is 0. The second-order valence-corrected chi connectivity index (χ2v) is 4.19. The highest BCUT2D eigenvalue weighted by atomic mass is 16.6. The van der Waals surface area contributed by atoms with E-state index in [0.717, 1.165) is 0 Å². The van der Waals surface area contributed by atoms with Crippen molar-refractivity contribution >= 4 is 0 Å². The fourth-order valence-corrected chi connectivity index (χ4v) is 1.71. The molecule has 0 radical (unpaired) electrons. The zero-order valence-corrected chi connectivity index (χ0v) is 9.79. The van der Waals surface area contributed by atoms with Crippen LogP contribution in [0, 0.1) is 0 Å². The van der Waals surface area contributed by atoms with Crippen molar-refractivity contribution in [1.29, 1.82) is 0 Å². The summed E-state index contributed by atoms with van der Waals surface area (Å²) in [6.45, 7) is -1.49. The van der Waals surface area contributed by atoms with E-state index in [2.05, 4.69) is 0 Å². The van der Waals surface area contributed by atoms with Crippen molar-refractivity contribution < 1.29 is 40.1 Å². The van der Waals surface area contributed by atoms with Crippen LogP contribution in [0.4, 0.5) is 0 Å². The molecule has 0 spiro atoms. The Morgan fingerprint density at radius 1 is 0.889 bits per heavy atom. The van der Waals surface area contributed by atoms with Gasteiger partial charge in [0.1, 0.15) is 36.6 Å². The Labute approximate surface area is 104 Å². The van der Waals surface area contributed by atoms with Gasteiger partial charge in [-0.2, -0.15) is 0 Å². The molecular formula is C10H20O8. The van der Waals surface area contributed by atoms with Gasteiger partial charge in [0.05, 0.1) is 26.4 Å². The third kappa shape index (κ3) is 3.59. The molecule has 0 saturated carbocycles. The van der Waals surface area contributed by atoms with Crippen LogP contribution in [0.25, 0.3) is 0 Å². The number of ether oxygens (including phenoxy) is 2. The Bertz CT molecular complexity index is 232. The van der Waals surface area contributed by atoms with Gasteiger partial charge in [-0.05, 0) is 0 Å². The van der Waals surface area contributed by atoms with Crippen LogP contribution >= 0.6 is 0 Å². The molecule has 0 bridgehead atoms. The van der Waals surface area contributed by atoms with Crippen LogP contribution in [0.1, 0.15) is 0 Å². The fraction of sp³-hybridized carbons (Fsp3) is 1.00. The normalized spacial score (nSPS) is 37.2. The number of rotatable bonds is 6. The van der Waals surface area contributed by atoms with E-state index in [1.54, 1.807) is 0 Å². The van der Waals surface area contributed by atoms with Gasteiger partial charge in [0, 0.05) is 0 Å². The minimum atomic E-state index is -1.45. The number of aliphatic hydroxyl groups is 6. The molecule has 1 rings (SSSR count). The van der Waals surface area contributed by atoms with Gasteiger partial charge in [-0.25, -0.2) is 0 Å². The van der Waals surface area contributed by atoms with E-state index in [0.29, 0.717) is 0 Å². The van der Waals surface area contributed by atoms with E-state index in [4.69, 9.17) is 24.8 Å². The molecule has 8 heteroatoms. The van der Waals surface area contributed by atoms with Crippen LogP contribution in [-0.4, -0.2) is 93.7 Å². The predicted octanol–water partition coefficient (Wildman–Crippen LogP) is -3.80. The summed E-state index contributed by atoms with van der Waals surface area (Å²) in [6.07, 6.45) is -6.99. The first-order valence-electron chi connectivity index (χ1n) is 5.69. The molecule has 6 N–H and O–H groups in total. The highest BCUT2D eigenvalue weighted by Crippen LogP contribution is 2.21. The Balaban J connectivity index is 2.53. The van der Waals surface area contributed by atoms with Crippen LogP contribution in [0.5, 0.6) is 0 Å². The maximum absolute atomic E-state index is 9.66. The average Bonchev–Trinajstić information content (AvgIpc) is 2.39. The summed E-state index contributed by atoms with van der Waals surface area (Å²) < 4.78 is 10.2. The molecular weight excluding hydrogens is 248 g/mol. The van der Waals surface area contributed by atoms with Gasteiger partial charge in [-0.15, -0.1) is 0 Å². The molecule has 108 valence electrons. The minimum Gasteiger partial charge on any atom is -0.394 e. The van der Waals surface area contributed by atoms with E-state index < -0.39 is 56.4 Å². The Hall–Kier alpha value is -0.320. The van der Waals surface area contributed by atoms with Crippen molar-refractivity contribution in [2.45, 2.75) is 36.6 Å². The lowest BCUT2D eigenvalue weighted by atomic mass is 9.95. The molecule has 0 amide bonds. The second-order valence-electron chi connectivity index (χ2n) is 4.19. The lowest BCUT2D eigenvalue weighted by Gasteiger charge is -2.40. The van der Waals surface area contributed by atoms with Crippen molar-refractivity contribution in [3.05, 3.63) is 0 Å². The third-order valence-electron chi connectivity index (χ3n) is 2.89. The van der Waals surface area contributed by atoms with Crippen molar-refractivity contribution in [3.63, 3.8) is 0 Å². The summed E-state index contributed by atoms with van der Waals surface area (Å²) in [7, 11) is 0. The first-order chi connectivity index (χ1) is 8.54. The number of aliphatic hydroxyl groups excluding tert-OH is 6. The molecule has 5 atom stereocenters. The zero-order chi connectivity index (χ0) is 13.7. The minimum absolute atomic E-state index is 0.187. The molecule has 0 unspecified atom stereocenters. The first-order valence-corrected chi connectivity index (χ1v) is 5.69. The highest BCUT2D eigenvalue weighted by Gasteiger charge is 2.43. The van der Waals surface area contributed by atoms with Gasteiger partial charge >= 0.3 is 0 Å². The van der Waals surface area contributed by atoms with Crippen molar-refractivity contribution in [2.24, 2.45) is 0 Å². The van der Waals surface area contributed by atoms with E-state index in [9.17, 15) is 15.3 Å². The molecule has 1 aliphatic rings. The molecule has 1 aliphatic heterocycles. The molecule has 8 nitrogen and oxygen atoms in total. The summed E-state index contributed by atoms with van der Waals surface area (Å²) in [4.78, 5) is 0. The van der Waals surface area contributed by atoms with Gasteiger partial charge in [0.15, 0.2) is 0 Å². The summed E-state index contributed by atoms with van der Waals surface area (Å²) in [5.41, 5.74) is 0. The molecule has 0 aliphatic carbocycles. The topological polar surface area (TPSA) is 140 Å². The van der Waals surface area contributed by atoms with Crippen LogP contribution in [0.3, 0.4) is 0 Å². The quantitative estimate of drug-likeness (QED) is 0.288. The first kappa shape index (κ1) is 15.7. The third-order valence-corrected chi connectivity index (χ3v) is 2.89. The molecule has 1 heterocycles. The second kappa shape index (κ2) is 7.31. The Kier molecular flexibility index (Phi) is 6.39. The standard InChI is InChI=1S/C10H20O8/c11-1-5(2-12)17-4-7-9(15)10(16)8(14)6(3-13)18-7/h5-16H,1-4H2/t6-,7-,8+,9+,10+/m1/s1. The fourth-order valence-electron chi connectivity index (χ4n) is 1.71. The molecule has 1 fully saturated rings. The Morgan fingerprint density at radius 3 is 1.94 bits per heavy atom. The highest BCUT2D eigenvalue weighted by molar-refractivity contribution is 4.91. The van der Waals surface area contributed by atoms with Crippen molar-refractivity contribution in [1.82, 2.24) is 0 Å². The predicted molar refractivity (Wildman–Crippen MR) is 57.7 cm³/mol. The van der Waals surface area contributed by atoms with Gasteiger partial charge in [-0.1, -0.05) is 0 Å². The largest absolute Gasteiger partial charge is 0.394 e. The maximum atomic E-state index is 9.66. The van der Waals surface area contributed by atoms with E-state index >= 15 is 0 Å². The smallest absolute Gasteiger partial charge is 0.111 e. The lowest BCUT2D eigenvalue weighted by Crippen LogP contribution is -2.59. The molecule has 0 aromatic carbocycles. The lowest BCUT2D eigenvalue weighted by molar-refractivity contribution is -0.243. The Morgan fingerprint density at radius 2 is 1.44 bits per heavy atom. The molecule has 1 saturated heterocycles. The molecule has 0 aromatic rings. The summed E-state index contributed by atoms with van der Waals surface area (Å²) in [5, 5.41) is 55.2. The maximum Gasteiger partial charge on any atom is 0.111 e. The van der Waals surface area contributed by atoms with Crippen LogP contribution in [-0.2, 0) is 9.47 Å². The average molecular weight is 268 g/mol. The van der Waals surface area contributed by atoms with E-state index in [1.165, 1.54) is 0 Å². The van der Waals surface area contributed by atoms with Crippen molar-refractivity contribution in [2.75, 3.05) is 26.4 Å². The zero-order valence-electron chi connectivity index (χ0n) is 9.79. The van der Waals surface area contributed by atoms with Crippen molar-refractivity contribution in [3.8, 4) is 0 Å². The van der Waals surface area contributed by atoms with Crippen LogP contribution in [0.2, 0.25) is 0 Å². The van der Waals surface area contributed by atoms with Gasteiger partial charge in [-0.3, -0.25) is 0 Å². The SMILES string of the molecule is OCC(CO)OC[C@H]1O[C@H](CO)[C@H](O)[C@H](O)[C@H]1O. The molecule has 0 aromatic heterocycles. The van der Waals surface area contributed by atoms with E-state index in [1.807, 2.05) is 0 Å². The number of hydrogen-bond acceptors (Lipinski definition) is 8. The van der Waals surface area contributed by atoms with Crippen LogP contribution in [0.15, 0.2) is 0 Å².